The van der Waals surface area contributed by atoms with Gasteiger partial charge in [-0.25, -0.2) is 9.37 Å². The maximum absolute atomic E-state index is 14.4. The number of halogens is 1. The minimum absolute atomic E-state index is 0.106. The van der Waals surface area contributed by atoms with Gasteiger partial charge in [-0.2, -0.15) is 0 Å². The van der Waals surface area contributed by atoms with E-state index in [9.17, 15) is 9.18 Å². The summed E-state index contributed by atoms with van der Waals surface area (Å²) in [6, 6.07) is 10.0. The number of amides is 1. The van der Waals surface area contributed by atoms with Gasteiger partial charge in [-0.15, -0.1) is 0 Å². The lowest BCUT2D eigenvalue weighted by Gasteiger charge is -2.10. The van der Waals surface area contributed by atoms with Crippen molar-refractivity contribution in [1.29, 1.82) is 0 Å². The summed E-state index contributed by atoms with van der Waals surface area (Å²) in [5.74, 6) is 0.897. The van der Waals surface area contributed by atoms with Gasteiger partial charge in [0.2, 0.25) is 0 Å². The molecule has 0 saturated carbocycles. The third-order valence-electron chi connectivity index (χ3n) is 4.51. The van der Waals surface area contributed by atoms with E-state index in [1.807, 2.05) is 19.1 Å². The number of methoxy groups -OCH3 is 2. The van der Waals surface area contributed by atoms with Gasteiger partial charge in [0.15, 0.2) is 0 Å². The fourth-order valence-corrected chi connectivity index (χ4v) is 2.99. The molecular formula is C23H24FN3O4. The molecule has 1 heterocycles. The van der Waals surface area contributed by atoms with Gasteiger partial charge in [-0.05, 0) is 43.2 Å². The number of aromatic nitrogens is 2. The van der Waals surface area contributed by atoms with E-state index in [1.165, 1.54) is 18.5 Å². The predicted octanol–water partition coefficient (Wildman–Crippen LogP) is 3.67. The Kier molecular flexibility index (Phi) is 7.37. The summed E-state index contributed by atoms with van der Waals surface area (Å²) in [7, 11) is 3.17. The molecule has 0 atom stereocenters. The first kappa shape index (κ1) is 22.0. The largest absolute Gasteiger partial charge is 0.497 e. The van der Waals surface area contributed by atoms with E-state index in [2.05, 4.69) is 15.3 Å². The molecule has 0 aliphatic heterocycles. The summed E-state index contributed by atoms with van der Waals surface area (Å²) < 4.78 is 30.2. The van der Waals surface area contributed by atoms with Gasteiger partial charge in [0.25, 0.3) is 5.91 Å². The Morgan fingerprint density at radius 2 is 1.77 bits per heavy atom. The number of hydrogen-bond donors (Lipinski definition) is 1. The van der Waals surface area contributed by atoms with E-state index in [4.69, 9.17) is 14.2 Å². The second-order valence-electron chi connectivity index (χ2n) is 6.59. The van der Waals surface area contributed by atoms with Crippen LogP contribution in [0.15, 0.2) is 48.8 Å². The van der Waals surface area contributed by atoms with Gasteiger partial charge in [0.1, 0.15) is 28.8 Å². The molecule has 3 aromatic rings. The SMILES string of the molecule is CCOc1ccc(-c2cncc(C(=O)NCCc3cc(OC)cc(OC)c3)n2)c(F)c1. The fraction of sp³-hybridized carbons (Fsp3) is 0.261. The highest BCUT2D eigenvalue weighted by Gasteiger charge is 2.13. The monoisotopic (exact) mass is 425 g/mol. The minimum Gasteiger partial charge on any atom is -0.497 e. The van der Waals surface area contributed by atoms with E-state index in [1.54, 1.807) is 32.4 Å². The third-order valence-corrected chi connectivity index (χ3v) is 4.51. The average Bonchev–Trinajstić information content (AvgIpc) is 2.79. The highest BCUT2D eigenvalue weighted by molar-refractivity contribution is 5.92. The first-order chi connectivity index (χ1) is 15.0. The van der Waals surface area contributed by atoms with Crippen LogP contribution in [0.3, 0.4) is 0 Å². The predicted molar refractivity (Wildman–Crippen MR) is 114 cm³/mol. The van der Waals surface area contributed by atoms with Crippen molar-refractivity contribution in [1.82, 2.24) is 15.3 Å². The number of benzene rings is 2. The number of hydrogen-bond acceptors (Lipinski definition) is 6. The quantitative estimate of drug-likeness (QED) is 0.563. The molecule has 162 valence electrons. The van der Waals surface area contributed by atoms with Crippen molar-refractivity contribution in [3.05, 3.63) is 65.9 Å². The van der Waals surface area contributed by atoms with Crippen LogP contribution in [0.4, 0.5) is 4.39 Å². The average molecular weight is 425 g/mol. The van der Waals surface area contributed by atoms with Gasteiger partial charge in [0, 0.05) is 24.2 Å². The molecular weight excluding hydrogens is 401 g/mol. The van der Waals surface area contributed by atoms with E-state index in [0.29, 0.717) is 36.8 Å². The maximum atomic E-state index is 14.4. The van der Waals surface area contributed by atoms with Gasteiger partial charge >= 0.3 is 0 Å². The second kappa shape index (κ2) is 10.4. The van der Waals surface area contributed by atoms with Gasteiger partial charge < -0.3 is 19.5 Å². The zero-order valence-electron chi connectivity index (χ0n) is 17.6. The lowest BCUT2D eigenvalue weighted by Crippen LogP contribution is -2.26. The molecule has 0 spiro atoms. The fourth-order valence-electron chi connectivity index (χ4n) is 2.99. The third kappa shape index (κ3) is 5.69. The van der Waals surface area contributed by atoms with Crippen molar-refractivity contribution in [2.24, 2.45) is 0 Å². The Morgan fingerprint density at radius 3 is 2.42 bits per heavy atom. The van der Waals surface area contributed by atoms with Crippen LogP contribution in [-0.2, 0) is 6.42 Å². The Morgan fingerprint density at radius 1 is 1.03 bits per heavy atom. The highest BCUT2D eigenvalue weighted by atomic mass is 19.1. The molecule has 1 aromatic heterocycles. The van der Waals surface area contributed by atoms with Gasteiger partial charge in [-0.3, -0.25) is 9.78 Å². The van der Waals surface area contributed by atoms with Crippen LogP contribution in [0, 0.1) is 5.82 Å². The molecule has 0 aliphatic rings. The maximum Gasteiger partial charge on any atom is 0.271 e. The summed E-state index contributed by atoms with van der Waals surface area (Å²) in [5, 5.41) is 2.80. The Hall–Kier alpha value is -3.68. The van der Waals surface area contributed by atoms with Crippen molar-refractivity contribution in [2.75, 3.05) is 27.4 Å². The van der Waals surface area contributed by atoms with Crippen molar-refractivity contribution < 1.29 is 23.4 Å². The summed E-state index contributed by atoms with van der Waals surface area (Å²) in [4.78, 5) is 20.8. The zero-order chi connectivity index (χ0) is 22.2. The number of nitrogens with one attached hydrogen (secondary N) is 1. The number of nitrogens with zero attached hydrogens (tertiary/aromatic N) is 2. The summed E-state index contributed by atoms with van der Waals surface area (Å²) >= 11 is 0. The lowest BCUT2D eigenvalue weighted by molar-refractivity contribution is 0.0949. The van der Waals surface area contributed by atoms with Crippen molar-refractivity contribution in [3.63, 3.8) is 0 Å². The number of carbonyl (C=O) groups is 1. The molecule has 1 amide bonds. The van der Waals surface area contributed by atoms with E-state index in [-0.39, 0.29) is 17.0 Å². The summed E-state index contributed by atoms with van der Waals surface area (Å²) in [5.41, 5.74) is 1.57. The molecule has 1 N–H and O–H groups in total. The van der Waals surface area contributed by atoms with E-state index in [0.717, 1.165) is 5.56 Å². The smallest absolute Gasteiger partial charge is 0.271 e. The molecule has 8 heteroatoms. The Balaban J connectivity index is 1.67. The molecule has 0 aliphatic carbocycles. The first-order valence-corrected chi connectivity index (χ1v) is 9.79. The highest BCUT2D eigenvalue weighted by Crippen LogP contribution is 2.25. The van der Waals surface area contributed by atoms with E-state index >= 15 is 0 Å². The normalized spacial score (nSPS) is 10.5. The zero-order valence-corrected chi connectivity index (χ0v) is 17.6. The molecule has 7 nitrogen and oxygen atoms in total. The van der Waals surface area contributed by atoms with Crippen molar-refractivity contribution in [2.45, 2.75) is 13.3 Å². The number of rotatable bonds is 9. The van der Waals surface area contributed by atoms with Crippen LogP contribution < -0.4 is 19.5 Å². The molecule has 3 rings (SSSR count). The first-order valence-electron chi connectivity index (χ1n) is 9.79. The van der Waals surface area contributed by atoms with Crippen LogP contribution in [0.5, 0.6) is 17.2 Å². The second-order valence-corrected chi connectivity index (χ2v) is 6.59. The Labute approximate surface area is 180 Å². The molecule has 0 unspecified atom stereocenters. The molecule has 0 saturated heterocycles. The molecule has 31 heavy (non-hydrogen) atoms. The lowest BCUT2D eigenvalue weighted by atomic mass is 10.1. The topological polar surface area (TPSA) is 82.6 Å². The van der Waals surface area contributed by atoms with Crippen LogP contribution in [0.1, 0.15) is 23.0 Å². The summed E-state index contributed by atoms with van der Waals surface area (Å²) in [6.45, 7) is 2.64. The molecule has 0 bridgehead atoms. The van der Waals surface area contributed by atoms with Gasteiger partial charge in [-0.1, -0.05) is 0 Å². The molecule has 2 aromatic carbocycles. The standard InChI is InChI=1S/C23H24FN3O4/c1-4-31-16-5-6-19(20(24)12-16)21-13-25-14-22(27-21)23(28)26-8-7-15-9-17(29-2)11-18(10-15)30-3/h5-6,9-14H,4,7-8H2,1-3H3,(H,26,28). The number of ether oxygens (including phenoxy) is 3. The number of carbonyl (C=O) groups excluding carboxylic acids is 1. The van der Waals surface area contributed by atoms with Crippen LogP contribution in [0.25, 0.3) is 11.3 Å². The minimum atomic E-state index is -0.496. The van der Waals surface area contributed by atoms with Crippen LogP contribution >= 0.6 is 0 Å². The van der Waals surface area contributed by atoms with Crippen molar-refractivity contribution in [3.8, 4) is 28.5 Å². The molecule has 0 fully saturated rings. The van der Waals surface area contributed by atoms with Gasteiger partial charge in [0.05, 0.1) is 38.9 Å². The van der Waals surface area contributed by atoms with Crippen molar-refractivity contribution >= 4 is 5.91 Å². The summed E-state index contributed by atoms with van der Waals surface area (Å²) in [6.07, 6.45) is 3.33. The van der Waals surface area contributed by atoms with Crippen LogP contribution in [0.2, 0.25) is 0 Å². The van der Waals surface area contributed by atoms with E-state index < -0.39 is 11.7 Å². The molecule has 0 radical (unpaired) electrons. The Bertz CT molecular complexity index is 1040. The van der Waals surface area contributed by atoms with Crippen LogP contribution in [-0.4, -0.2) is 43.2 Å².